The number of nitrogens with one attached hydrogen (secondary N) is 1. The second-order valence-corrected chi connectivity index (χ2v) is 4.86. The minimum absolute atomic E-state index is 0.0380. The summed E-state index contributed by atoms with van der Waals surface area (Å²) in [5.74, 6) is -1.76. The molecule has 8 heteroatoms. The number of rotatable bonds is 5. The Labute approximate surface area is 130 Å². The number of hydrogen-bond donors (Lipinski definition) is 3. The van der Waals surface area contributed by atoms with Gasteiger partial charge in [-0.15, -0.1) is 0 Å². The molecule has 0 aliphatic rings. The summed E-state index contributed by atoms with van der Waals surface area (Å²) >= 11 is 0. The summed E-state index contributed by atoms with van der Waals surface area (Å²) in [5, 5.41) is 16.6. The quantitative estimate of drug-likeness (QED) is 0.653. The van der Waals surface area contributed by atoms with Crippen LogP contribution >= 0.6 is 0 Å². The number of nitrogens with zero attached hydrogens (tertiary/aromatic N) is 3. The van der Waals surface area contributed by atoms with Crippen LogP contribution in [-0.4, -0.2) is 31.7 Å². The van der Waals surface area contributed by atoms with Crippen LogP contribution in [0, 0.1) is 0 Å². The molecule has 3 rings (SSSR count). The van der Waals surface area contributed by atoms with Crippen molar-refractivity contribution in [1.82, 2.24) is 14.8 Å². The van der Waals surface area contributed by atoms with E-state index in [0.717, 1.165) is 5.69 Å². The molecule has 0 aliphatic heterocycles. The summed E-state index contributed by atoms with van der Waals surface area (Å²) < 4.78 is 1.24. The molecule has 2 aromatic heterocycles. The van der Waals surface area contributed by atoms with E-state index >= 15 is 0 Å². The summed E-state index contributed by atoms with van der Waals surface area (Å²) in [6, 6.07) is 8.80. The molecule has 0 bridgehead atoms. The van der Waals surface area contributed by atoms with Gasteiger partial charge in [-0.1, -0.05) is 0 Å². The minimum Gasteiger partial charge on any atom is -0.480 e. The number of aliphatic carboxylic acids is 1. The molecule has 0 saturated heterocycles. The third-order valence-electron chi connectivity index (χ3n) is 3.22. The average Bonchev–Trinajstić information content (AvgIpc) is 2.86. The Morgan fingerprint density at radius 2 is 2.09 bits per heavy atom. The molecule has 8 nitrogen and oxygen atoms in total. The van der Waals surface area contributed by atoms with Crippen LogP contribution in [0.25, 0.3) is 10.9 Å². The molecule has 1 amide bonds. The van der Waals surface area contributed by atoms with Crippen molar-refractivity contribution < 1.29 is 14.7 Å². The van der Waals surface area contributed by atoms with Gasteiger partial charge in [0, 0.05) is 17.3 Å². The summed E-state index contributed by atoms with van der Waals surface area (Å²) in [7, 11) is 0. The van der Waals surface area contributed by atoms with Gasteiger partial charge in [-0.2, -0.15) is 5.10 Å². The number of pyridine rings is 1. The molecule has 0 fully saturated rings. The van der Waals surface area contributed by atoms with Crippen molar-refractivity contribution in [2.24, 2.45) is 5.73 Å². The van der Waals surface area contributed by atoms with Gasteiger partial charge in [0.1, 0.15) is 6.54 Å². The van der Waals surface area contributed by atoms with E-state index in [1.807, 2.05) is 6.07 Å². The Morgan fingerprint density at radius 3 is 2.74 bits per heavy atom. The third kappa shape index (κ3) is 2.95. The predicted octanol–water partition coefficient (Wildman–Crippen LogP) is 1.36. The maximum atomic E-state index is 11.6. The number of carbonyl (C=O) groups is 2. The van der Waals surface area contributed by atoms with E-state index in [2.05, 4.69) is 15.4 Å². The summed E-state index contributed by atoms with van der Waals surface area (Å²) in [5.41, 5.74) is 7.39. The SMILES string of the molecule is NC(=O)c1nn(CC(=O)O)c2ccc(Nc3cccnc3)cc12. The number of primary amides is 1. The summed E-state index contributed by atoms with van der Waals surface area (Å²) in [6.45, 7) is -0.348. The second-order valence-electron chi connectivity index (χ2n) is 4.86. The Morgan fingerprint density at radius 1 is 1.26 bits per heavy atom. The molecule has 0 spiro atoms. The first-order valence-corrected chi connectivity index (χ1v) is 6.74. The Bertz CT molecular complexity index is 889. The van der Waals surface area contributed by atoms with Gasteiger partial charge in [0.05, 0.1) is 17.4 Å². The van der Waals surface area contributed by atoms with Crippen molar-refractivity contribution in [2.75, 3.05) is 5.32 Å². The number of fused-ring (bicyclic) bond motifs is 1. The Kier molecular flexibility index (Phi) is 3.63. The number of hydrogen-bond acceptors (Lipinski definition) is 5. The molecule has 3 aromatic rings. The minimum atomic E-state index is -1.05. The number of carboxylic acid groups (broad SMARTS) is 1. The average molecular weight is 311 g/mol. The van der Waals surface area contributed by atoms with Crippen molar-refractivity contribution in [2.45, 2.75) is 6.54 Å². The fraction of sp³-hybridized carbons (Fsp3) is 0.0667. The van der Waals surface area contributed by atoms with Crippen LogP contribution in [0.4, 0.5) is 11.4 Å². The Hall–Kier alpha value is -3.42. The topological polar surface area (TPSA) is 123 Å². The maximum Gasteiger partial charge on any atom is 0.325 e. The molecule has 1 aromatic carbocycles. The molecule has 0 aliphatic carbocycles. The van der Waals surface area contributed by atoms with Crippen molar-refractivity contribution in [1.29, 1.82) is 0 Å². The monoisotopic (exact) mass is 311 g/mol. The number of carboxylic acids is 1. The molecular formula is C15H13N5O3. The molecule has 23 heavy (non-hydrogen) atoms. The lowest BCUT2D eigenvalue weighted by atomic mass is 10.1. The normalized spacial score (nSPS) is 10.6. The van der Waals surface area contributed by atoms with Crippen LogP contribution in [0.3, 0.4) is 0 Å². The van der Waals surface area contributed by atoms with Gasteiger partial charge in [0.25, 0.3) is 5.91 Å². The fourth-order valence-electron chi connectivity index (χ4n) is 2.29. The molecule has 0 atom stereocenters. The van der Waals surface area contributed by atoms with Crippen LogP contribution in [0.15, 0.2) is 42.7 Å². The molecular weight excluding hydrogens is 298 g/mol. The first-order valence-electron chi connectivity index (χ1n) is 6.74. The molecule has 4 N–H and O–H groups in total. The highest BCUT2D eigenvalue weighted by Gasteiger charge is 2.16. The Balaban J connectivity index is 2.05. The van der Waals surface area contributed by atoms with Crippen LogP contribution < -0.4 is 11.1 Å². The van der Waals surface area contributed by atoms with Gasteiger partial charge in [0.2, 0.25) is 0 Å². The van der Waals surface area contributed by atoms with E-state index in [9.17, 15) is 9.59 Å². The number of aromatic nitrogens is 3. The molecule has 2 heterocycles. The van der Waals surface area contributed by atoms with Gasteiger partial charge in [-0.3, -0.25) is 19.3 Å². The smallest absolute Gasteiger partial charge is 0.325 e. The van der Waals surface area contributed by atoms with Crippen molar-refractivity contribution >= 4 is 34.2 Å². The maximum absolute atomic E-state index is 11.6. The standard InChI is InChI=1S/C15H13N5O3/c16-15(23)14-11-6-9(18-10-2-1-5-17-7-10)3-4-12(11)20(19-14)8-13(21)22/h1-7,18H,8H2,(H2,16,23)(H,21,22). The largest absolute Gasteiger partial charge is 0.480 e. The fourth-order valence-corrected chi connectivity index (χ4v) is 2.29. The second kappa shape index (κ2) is 5.76. The first kappa shape index (κ1) is 14.5. The van der Waals surface area contributed by atoms with Gasteiger partial charge >= 0.3 is 5.97 Å². The van der Waals surface area contributed by atoms with E-state index in [0.29, 0.717) is 16.6 Å². The lowest BCUT2D eigenvalue weighted by Crippen LogP contribution is -2.14. The molecule has 116 valence electrons. The van der Waals surface area contributed by atoms with E-state index in [-0.39, 0.29) is 12.2 Å². The van der Waals surface area contributed by atoms with Gasteiger partial charge < -0.3 is 16.2 Å². The van der Waals surface area contributed by atoms with E-state index in [1.165, 1.54) is 4.68 Å². The predicted molar refractivity (Wildman–Crippen MR) is 83.4 cm³/mol. The van der Waals surface area contributed by atoms with Crippen LogP contribution in [0.1, 0.15) is 10.5 Å². The number of carbonyl (C=O) groups excluding carboxylic acids is 1. The van der Waals surface area contributed by atoms with Crippen molar-refractivity contribution in [3.8, 4) is 0 Å². The summed E-state index contributed by atoms with van der Waals surface area (Å²) in [6.07, 6.45) is 3.32. The van der Waals surface area contributed by atoms with E-state index < -0.39 is 11.9 Å². The zero-order chi connectivity index (χ0) is 16.4. The lowest BCUT2D eigenvalue weighted by molar-refractivity contribution is -0.137. The number of amides is 1. The molecule has 0 unspecified atom stereocenters. The number of benzene rings is 1. The highest BCUT2D eigenvalue weighted by atomic mass is 16.4. The zero-order valence-electron chi connectivity index (χ0n) is 11.9. The van der Waals surface area contributed by atoms with Gasteiger partial charge in [-0.05, 0) is 30.3 Å². The van der Waals surface area contributed by atoms with E-state index in [4.69, 9.17) is 10.8 Å². The molecule has 0 saturated carbocycles. The van der Waals surface area contributed by atoms with Gasteiger partial charge in [0.15, 0.2) is 5.69 Å². The number of nitrogens with two attached hydrogens (primary N) is 1. The lowest BCUT2D eigenvalue weighted by Gasteiger charge is -2.06. The number of anilines is 2. The van der Waals surface area contributed by atoms with Crippen LogP contribution in [0.5, 0.6) is 0 Å². The third-order valence-corrected chi connectivity index (χ3v) is 3.22. The van der Waals surface area contributed by atoms with Crippen molar-refractivity contribution in [3.63, 3.8) is 0 Å². The van der Waals surface area contributed by atoms with Crippen molar-refractivity contribution in [3.05, 3.63) is 48.4 Å². The van der Waals surface area contributed by atoms with E-state index in [1.54, 1.807) is 36.7 Å². The van der Waals surface area contributed by atoms with Crippen LogP contribution in [0.2, 0.25) is 0 Å². The highest BCUT2D eigenvalue weighted by molar-refractivity contribution is 6.05. The molecule has 0 radical (unpaired) electrons. The van der Waals surface area contributed by atoms with Gasteiger partial charge in [-0.25, -0.2) is 0 Å². The first-order chi connectivity index (χ1) is 11.0. The zero-order valence-corrected chi connectivity index (χ0v) is 11.9. The highest BCUT2D eigenvalue weighted by Crippen LogP contribution is 2.24. The summed E-state index contributed by atoms with van der Waals surface area (Å²) in [4.78, 5) is 26.5. The van der Waals surface area contributed by atoms with Crippen LogP contribution in [-0.2, 0) is 11.3 Å².